The summed E-state index contributed by atoms with van der Waals surface area (Å²) in [5.41, 5.74) is 1.39. The molecule has 5 nitrogen and oxygen atoms in total. The summed E-state index contributed by atoms with van der Waals surface area (Å²) in [6.45, 7) is 11.2. The van der Waals surface area contributed by atoms with E-state index in [9.17, 15) is 14.7 Å². The van der Waals surface area contributed by atoms with Crippen LogP contribution in [0.25, 0.3) is 5.57 Å². The van der Waals surface area contributed by atoms with Crippen LogP contribution in [0, 0.1) is 17.3 Å². The number of carbonyl (C=O) groups excluding carboxylic acids is 1. The molecule has 0 bridgehead atoms. The van der Waals surface area contributed by atoms with Gasteiger partial charge < -0.3 is 14.4 Å². The Labute approximate surface area is 154 Å². The molecule has 0 saturated heterocycles. The summed E-state index contributed by atoms with van der Waals surface area (Å²) in [6, 6.07) is 0. The number of hydrogen-bond acceptors (Lipinski definition) is 4. The van der Waals surface area contributed by atoms with Crippen molar-refractivity contribution in [2.45, 2.75) is 53.6 Å². The van der Waals surface area contributed by atoms with Crippen LogP contribution in [-0.2, 0) is 23.0 Å². The van der Waals surface area contributed by atoms with Crippen molar-refractivity contribution in [2.75, 3.05) is 6.61 Å². The number of carbonyl (C=O) groups is 1. The molecule has 0 saturated carbocycles. The van der Waals surface area contributed by atoms with Crippen molar-refractivity contribution in [2.24, 2.45) is 12.5 Å². The first-order chi connectivity index (χ1) is 11.8. The molecule has 1 aromatic rings. The second-order valence-electron chi connectivity index (χ2n) is 8.59. The van der Waals surface area contributed by atoms with Gasteiger partial charge >= 0.3 is 5.97 Å². The lowest BCUT2D eigenvalue weighted by Crippen LogP contribution is -2.23. The number of aromatic nitrogens is 1. The van der Waals surface area contributed by atoms with Gasteiger partial charge in [0, 0.05) is 36.4 Å². The maximum absolute atomic E-state index is 12.7. The van der Waals surface area contributed by atoms with Gasteiger partial charge in [-0.15, -0.1) is 0 Å². The van der Waals surface area contributed by atoms with Crippen LogP contribution in [0.3, 0.4) is 0 Å². The summed E-state index contributed by atoms with van der Waals surface area (Å²) in [6.07, 6.45) is 2.01. The third-order valence-corrected chi connectivity index (χ3v) is 3.93. The summed E-state index contributed by atoms with van der Waals surface area (Å²) in [4.78, 5) is 25.3. The number of aryl methyl sites for hydroxylation is 1. The monoisotopic (exact) mass is 357 g/mol. The fourth-order valence-corrected chi connectivity index (χ4v) is 2.76. The SMILES string of the molecule is CC1=C(C(=O)OCC(C)(C)C)c2c(C#CC(C)(C)O)cn(C)c(=O)c2C1. The minimum atomic E-state index is -1.17. The third kappa shape index (κ3) is 4.44. The molecule has 0 atom stereocenters. The highest BCUT2D eigenvalue weighted by Gasteiger charge is 2.31. The fraction of sp³-hybridized carbons (Fsp3) is 0.524. The van der Waals surface area contributed by atoms with E-state index >= 15 is 0 Å². The number of aliphatic hydroxyl groups is 1. The number of ether oxygens (including phenoxy) is 1. The maximum Gasteiger partial charge on any atom is 0.338 e. The Morgan fingerprint density at radius 3 is 2.46 bits per heavy atom. The van der Waals surface area contributed by atoms with Crippen LogP contribution in [0.1, 0.15) is 58.2 Å². The zero-order chi connectivity index (χ0) is 19.9. The highest BCUT2D eigenvalue weighted by Crippen LogP contribution is 2.34. The molecule has 0 fully saturated rings. The molecule has 1 aromatic heterocycles. The number of fused-ring (bicyclic) bond motifs is 1. The van der Waals surface area contributed by atoms with E-state index in [1.807, 2.05) is 27.7 Å². The molecule has 1 aliphatic carbocycles. The minimum absolute atomic E-state index is 0.146. The molecule has 1 aliphatic rings. The van der Waals surface area contributed by atoms with Gasteiger partial charge in [-0.2, -0.15) is 0 Å². The van der Waals surface area contributed by atoms with E-state index in [2.05, 4.69) is 11.8 Å². The molecule has 5 heteroatoms. The average molecular weight is 357 g/mol. The predicted octanol–water partition coefficient (Wildman–Crippen LogP) is 2.43. The molecule has 0 amide bonds. The molecule has 0 radical (unpaired) electrons. The van der Waals surface area contributed by atoms with E-state index < -0.39 is 11.6 Å². The second-order valence-corrected chi connectivity index (χ2v) is 8.59. The Hall–Kier alpha value is -2.32. The van der Waals surface area contributed by atoms with Gasteiger partial charge in [-0.25, -0.2) is 4.79 Å². The first kappa shape index (κ1) is 20.0. The summed E-state index contributed by atoms with van der Waals surface area (Å²) in [5, 5.41) is 9.91. The average Bonchev–Trinajstić information content (AvgIpc) is 2.83. The molecule has 2 rings (SSSR count). The lowest BCUT2D eigenvalue weighted by atomic mass is 9.98. The quantitative estimate of drug-likeness (QED) is 0.652. The van der Waals surface area contributed by atoms with Crippen molar-refractivity contribution < 1.29 is 14.6 Å². The molecule has 0 aliphatic heterocycles. The van der Waals surface area contributed by atoms with Crippen molar-refractivity contribution in [1.29, 1.82) is 0 Å². The smallest absolute Gasteiger partial charge is 0.338 e. The van der Waals surface area contributed by atoms with Crippen molar-refractivity contribution in [3.8, 4) is 11.8 Å². The second kappa shape index (κ2) is 6.77. The molecular formula is C21H27NO4. The summed E-state index contributed by atoms with van der Waals surface area (Å²) in [7, 11) is 1.66. The van der Waals surface area contributed by atoms with E-state index in [-0.39, 0.29) is 17.6 Å². The van der Waals surface area contributed by atoms with E-state index in [1.54, 1.807) is 27.1 Å². The van der Waals surface area contributed by atoms with Gasteiger partial charge in [0.1, 0.15) is 5.60 Å². The Morgan fingerprint density at radius 1 is 1.31 bits per heavy atom. The number of nitrogens with zero attached hydrogens (tertiary/aromatic N) is 1. The standard InChI is InChI=1S/C21H27NO4/c1-13-10-15-17(16(13)19(24)26-12-20(2,3)4)14(8-9-21(5,6)25)11-22(7)18(15)23/h11,25H,10,12H2,1-7H3. The topological polar surface area (TPSA) is 68.5 Å². The lowest BCUT2D eigenvalue weighted by Gasteiger charge is -2.19. The van der Waals surface area contributed by atoms with Crippen LogP contribution in [0.4, 0.5) is 0 Å². The molecule has 0 spiro atoms. The van der Waals surface area contributed by atoms with Gasteiger partial charge in [0.25, 0.3) is 5.56 Å². The van der Waals surface area contributed by atoms with Gasteiger partial charge in [-0.1, -0.05) is 38.2 Å². The molecule has 140 valence electrons. The maximum atomic E-state index is 12.7. The van der Waals surface area contributed by atoms with Crippen molar-refractivity contribution in [3.05, 3.63) is 38.8 Å². The normalized spacial score (nSPS) is 14.0. The van der Waals surface area contributed by atoms with E-state index in [0.29, 0.717) is 28.7 Å². The summed E-state index contributed by atoms with van der Waals surface area (Å²) >= 11 is 0. The van der Waals surface area contributed by atoms with Gasteiger partial charge in [0.15, 0.2) is 0 Å². The van der Waals surface area contributed by atoms with Crippen molar-refractivity contribution in [1.82, 2.24) is 4.57 Å². The number of pyridine rings is 1. The third-order valence-electron chi connectivity index (χ3n) is 3.93. The predicted molar refractivity (Wildman–Crippen MR) is 102 cm³/mol. The van der Waals surface area contributed by atoms with E-state index in [4.69, 9.17) is 4.74 Å². The van der Waals surface area contributed by atoms with Crippen molar-refractivity contribution in [3.63, 3.8) is 0 Å². The molecule has 26 heavy (non-hydrogen) atoms. The number of allylic oxidation sites excluding steroid dienone is 1. The molecule has 1 heterocycles. The lowest BCUT2D eigenvalue weighted by molar-refractivity contribution is -0.139. The highest BCUT2D eigenvalue weighted by molar-refractivity contribution is 6.19. The molecular weight excluding hydrogens is 330 g/mol. The van der Waals surface area contributed by atoms with Gasteiger partial charge in [-0.3, -0.25) is 4.79 Å². The summed E-state index contributed by atoms with van der Waals surface area (Å²) in [5.74, 6) is 5.26. The Bertz CT molecular complexity index is 893. The molecule has 1 N–H and O–H groups in total. The zero-order valence-electron chi connectivity index (χ0n) is 16.6. The molecule has 0 aromatic carbocycles. The van der Waals surface area contributed by atoms with E-state index in [0.717, 1.165) is 5.57 Å². The Kier molecular flexibility index (Phi) is 5.21. The number of esters is 1. The van der Waals surface area contributed by atoms with Crippen LogP contribution in [-0.4, -0.2) is 27.9 Å². The van der Waals surface area contributed by atoms with Crippen LogP contribution < -0.4 is 5.56 Å². The van der Waals surface area contributed by atoms with Gasteiger partial charge in [0.05, 0.1) is 12.2 Å². The zero-order valence-corrected chi connectivity index (χ0v) is 16.6. The Balaban J connectivity index is 2.57. The van der Waals surface area contributed by atoms with E-state index in [1.165, 1.54) is 4.57 Å². The van der Waals surface area contributed by atoms with Crippen LogP contribution in [0.2, 0.25) is 0 Å². The van der Waals surface area contributed by atoms with Crippen molar-refractivity contribution >= 4 is 11.5 Å². The Morgan fingerprint density at radius 2 is 1.92 bits per heavy atom. The minimum Gasteiger partial charge on any atom is -0.462 e. The molecule has 0 unspecified atom stereocenters. The van der Waals surface area contributed by atoms with Crippen LogP contribution >= 0.6 is 0 Å². The first-order valence-electron chi connectivity index (χ1n) is 8.65. The fourth-order valence-electron chi connectivity index (χ4n) is 2.76. The van der Waals surface area contributed by atoms with Crippen LogP contribution in [0.15, 0.2) is 16.6 Å². The number of rotatable bonds is 2. The number of hydrogen-bond donors (Lipinski definition) is 1. The first-order valence-corrected chi connectivity index (χ1v) is 8.65. The summed E-state index contributed by atoms with van der Waals surface area (Å²) < 4.78 is 6.95. The van der Waals surface area contributed by atoms with Gasteiger partial charge in [-0.05, 0) is 26.2 Å². The van der Waals surface area contributed by atoms with Crippen LogP contribution in [0.5, 0.6) is 0 Å². The van der Waals surface area contributed by atoms with Gasteiger partial charge in [0.2, 0.25) is 0 Å². The largest absolute Gasteiger partial charge is 0.462 e. The highest BCUT2D eigenvalue weighted by atomic mass is 16.5.